The van der Waals surface area contributed by atoms with Crippen LogP contribution >= 0.6 is 22.7 Å². The van der Waals surface area contributed by atoms with Crippen LogP contribution in [0, 0.1) is 16.7 Å². The number of thiazole rings is 1. The predicted octanol–water partition coefficient (Wildman–Crippen LogP) is 4.92. The molecule has 5 atom stereocenters. The third-order valence-corrected chi connectivity index (χ3v) is 10.8. The van der Waals surface area contributed by atoms with Crippen LogP contribution in [0.5, 0.6) is 0 Å². The Morgan fingerprint density at radius 3 is 2.63 bits per heavy atom. The summed E-state index contributed by atoms with van der Waals surface area (Å²) in [6, 6.07) is 13.5. The minimum absolute atomic E-state index is 0.0284. The molecule has 9 heteroatoms. The molecule has 3 aromatic rings. The first-order chi connectivity index (χ1) is 18.2. The first kappa shape index (κ1) is 27.0. The van der Waals surface area contributed by atoms with E-state index in [1.165, 1.54) is 22.7 Å². The Hall–Kier alpha value is -2.59. The van der Waals surface area contributed by atoms with E-state index in [0.717, 1.165) is 22.6 Å². The van der Waals surface area contributed by atoms with Gasteiger partial charge in [-0.1, -0.05) is 50.2 Å². The van der Waals surface area contributed by atoms with E-state index in [9.17, 15) is 19.8 Å². The number of amides is 2. The van der Waals surface area contributed by atoms with Crippen LogP contribution in [0.15, 0.2) is 47.8 Å². The summed E-state index contributed by atoms with van der Waals surface area (Å²) < 4.78 is 0. The number of hydrogen-bond acceptors (Lipinski definition) is 7. The average Bonchev–Trinajstić information content (AvgIpc) is 3.58. The number of nitrogens with zero attached hydrogens (tertiary/aromatic N) is 2. The van der Waals surface area contributed by atoms with Crippen LogP contribution in [0.1, 0.15) is 64.8 Å². The molecule has 5 rings (SSSR count). The molecule has 0 bridgehead atoms. The maximum atomic E-state index is 13.6. The second kappa shape index (κ2) is 10.5. The molecular weight excluding hydrogens is 518 g/mol. The second-order valence-corrected chi connectivity index (χ2v) is 13.3. The van der Waals surface area contributed by atoms with Gasteiger partial charge in [0, 0.05) is 36.2 Å². The van der Waals surface area contributed by atoms with Gasteiger partial charge in [-0.05, 0) is 47.6 Å². The van der Waals surface area contributed by atoms with E-state index in [4.69, 9.17) is 4.98 Å². The lowest BCUT2D eigenvalue weighted by molar-refractivity contribution is -0.147. The van der Waals surface area contributed by atoms with Gasteiger partial charge in [0.05, 0.1) is 23.3 Å². The maximum Gasteiger partial charge on any atom is 0.267 e. The minimum atomic E-state index is -0.688. The molecule has 202 valence electrons. The molecule has 1 aromatic carbocycles. The lowest BCUT2D eigenvalue weighted by Crippen LogP contribution is -2.57. The topological polar surface area (TPSA) is 103 Å². The zero-order chi connectivity index (χ0) is 27.1. The number of hydrogen-bond donors (Lipinski definition) is 3. The number of fused-ring (bicyclic) bond motifs is 2. The number of rotatable bonds is 7. The van der Waals surface area contributed by atoms with Gasteiger partial charge in [-0.2, -0.15) is 0 Å². The van der Waals surface area contributed by atoms with Gasteiger partial charge in [-0.3, -0.25) is 14.9 Å². The monoisotopic (exact) mass is 553 g/mol. The van der Waals surface area contributed by atoms with Crippen LogP contribution < -0.4 is 5.32 Å². The van der Waals surface area contributed by atoms with Crippen molar-refractivity contribution in [3.05, 3.63) is 68.9 Å². The van der Waals surface area contributed by atoms with E-state index in [0.29, 0.717) is 29.4 Å². The van der Waals surface area contributed by atoms with Gasteiger partial charge in [-0.25, -0.2) is 4.98 Å². The smallest absolute Gasteiger partial charge is 0.267 e. The van der Waals surface area contributed by atoms with Crippen molar-refractivity contribution in [1.29, 1.82) is 0 Å². The summed E-state index contributed by atoms with van der Waals surface area (Å²) in [4.78, 5) is 34.7. The zero-order valence-corrected chi connectivity index (χ0v) is 23.6. The maximum absolute atomic E-state index is 13.6. The number of aliphatic hydroxyl groups excluding tert-OH is 2. The molecule has 5 unspecified atom stereocenters. The minimum Gasteiger partial charge on any atom is -0.396 e. The summed E-state index contributed by atoms with van der Waals surface area (Å²) in [6.45, 7) is 4.55. The average molecular weight is 554 g/mol. The van der Waals surface area contributed by atoms with Crippen molar-refractivity contribution in [2.24, 2.45) is 16.7 Å². The van der Waals surface area contributed by atoms with Crippen LogP contribution in [0.2, 0.25) is 0 Å². The molecule has 0 spiro atoms. The Labute approximate surface area is 231 Å². The summed E-state index contributed by atoms with van der Waals surface area (Å²) in [5.41, 5.74) is 0.911. The first-order valence-corrected chi connectivity index (χ1v) is 14.8. The van der Waals surface area contributed by atoms with Gasteiger partial charge in [0.15, 0.2) is 5.13 Å². The van der Waals surface area contributed by atoms with Gasteiger partial charge < -0.3 is 15.1 Å². The highest BCUT2D eigenvalue weighted by Gasteiger charge is 2.59. The number of carbonyl (C=O) groups is 2. The molecule has 0 saturated heterocycles. The summed E-state index contributed by atoms with van der Waals surface area (Å²) in [5.74, 6) is -0.389. The SMILES string of the molecule is CN(Cc1ccccc1)C(=O)CC1c2nc(NC(=O)c3cccs3)sc2CC2C(C)(CO)C(O)CCC12C. The fourth-order valence-electron chi connectivity index (χ4n) is 6.54. The van der Waals surface area contributed by atoms with E-state index in [2.05, 4.69) is 12.2 Å². The second-order valence-electron chi connectivity index (χ2n) is 11.2. The van der Waals surface area contributed by atoms with Gasteiger partial charge >= 0.3 is 0 Å². The van der Waals surface area contributed by atoms with Crippen molar-refractivity contribution in [2.75, 3.05) is 19.0 Å². The van der Waals surface area contributed by atoms with E-state index in [1.807, 2.05) is 55.7 Å². The number of thiophene rings is 1. The van der Waals surface area contributed by atoms with Crippen LogP contribution in [0.3, 0.4) is 0 Å². The van der Waals surface area contributed by atoms with Crippen molar-refractivity contribution >= 4 is 39.6 Å². The quantitative estimate of drug-likeness (QED) is 0.385. The van der Waals surface area contributed by atoms with Crippen LogP contribution in [0.25, 0.3) is 0 Å². The summed E-state index contributed by atoms with van der Waals surface area (Å²) in [7, 11) is 1.83. The number of aliphatic hydroxyl groups is 2. The molecule has 0 aliphatic heterocycles. The highest BCUT2D eigenvalue weighted by molar-refractivity contribution is 7.16. The predicted molar refractivity (Wildman–Crippen MR) is 150 cm³/mol. The molecule has 1 saturated carbocycles. The fraction of sp³-hybridized carbons (Fsp3) is 0.483. The molecule has 38 heavy (non-hydrogen) atoms. The number of aromatic nitrogens is 1. The Morgan fingerprint density at radius 1 is 1.18 bits per heavy atom. The molecule has 2 amide bonds. The van der Waals surface area contributed by atoms with E-state index < -0.39 is 11.5 Å². The lowest BCUT2D eigenvalue weighted by Gasteiger charge is -2.58. The lowest BCUT2D eigenvalue weighted by atomic mass is 9.47. The molecule has 1 fully saturated rings. The van der Waals surface area contributed by atoms with Gasteiger partial charge in [0.25, 0.3) is 5.91 Å². The number of carbonyl (C=O) groups excluding carboxylic acids is 2. The largest absolute Gasteiger partial charge is 0.396 e. The van der Waals surface area contributed by atoms with Crippen LogP contribution in [-0.4, -0.2) is 51.7 Å². The third kappa shape index (κ3) is 4.81. The van der Waals surface area contributed by atoms with Gasteiger partial charge in [0.2, 0.25) is 5.91 Å². The van der Waals surface area contributed by atoms with E-state index in [1.54, 1.807) is 11.0 Å². The number of benzene rings is 1. The van der Waals surface area contributed by atoms with Gasteiger partial charge in [-0.15, -0.1) is 22.7 Å². The van der Waals surface area contributed by atoms with Crippen molar-refractivity contribution < 1.29 is 19.8 Å². The Bertz CT molecular complexity index is 1290. The molecule has 2 aliphatic carbocycles. The number of nitrogens with one attached hydrogen (secondary N) is 1. The Morgan fingerprint density at radius 2 is 1.95 bits per heavy atom. The molecule has 3 N–H and O–H groups in total. The molecule has 0 radical (unpaired) electrons. The highest BCUT2D eigenvalue weighted by Crippen LogP contribution is 2.63. The standard InChI is InChI=1S/C29H35N3O4S2/c1-28-12-11-23(34)29(2,17-33)22(28)15-21-25(30-27(38-21)31-26(36)20-10-7-13-37-20)19(28)14-24(35)32(3)16-18-8-5-4-6-9-18/h4-10,13,19,22-23,33-34H,11-12,14-17H2,1-3H3,(H,30,31,36). The fourth-order valence-corrected chi connectivity index (χ4v) is 8.22. The summed E-state index contributed by atoms with van der Waals surface area (Å²) in [5, 5.41) is 26.8. The molecule has 7 nitrogen and oxygen atoms in total. The van der Waals surface area contributed by atoms with Crippen molar-refractivity contribution in [1.82, 2.24) is 9.88 Å². The molecular formula is C29H35N3O4S2. The summed E-state index contributed by atoms with van der Waals surface area (Å²) >= 11 is 2.82. The van der Waals surface area contributed by atoms with E-state index >= 15 is 0 Å². The summed E-state index contributed by atoms with van der Waals surface area (Å²) in [6.07, 6.45) is 1.62. The number of anilines is 1. The molecule has 2 aliphatic rings. The Balaban J connectivity index is 1.48. The van der Waals surface area contributed by atoms with Gasteiger partial charge in [0.1, 0.15) is 0 Å². The Kier molecular flexibility index (Phi) is 7.48. The van der Waals surface area contributed by atoms with Crippen molar-refractivity contribution in [3.63, 3.8) is 0 Å². The zero-order valence-electron chi connectivity index (χ0n) is 22.0. The molecule has 2 aromatic heterocycles. The normalized spacial score (nSPS) is 28.3. The first-order valence-electron chi connectivity index (χ1n) is 13.1. The third-order valence-electron chi connectivity index (χ3n) is 8.93. The molecule has 2 heterocycles. The van der Waals surface area contributed by atoms with Crippen LogP contribution in [-0.2, 0) is 17.8 Å². The van der Waals surface area contributed by atoms with Crippen molar-refractivity contribution in [3.8, 4) is 0 Å². The highest BCUT2D eigenvalue weighted by atomic mass is 32.1. The van der Waals surface area contributed by atoms with Crippen LogP contribution in [0.4, 0.5) is 5.13 Å². The van der Waals surface area contributed by atoms with Crippen molar-refractivity contribution in [2.45, 2.75) is 58.1 Å². The van der Waals surface area contributed by atoms with E-state index in [-0.39, 0.29) is 42.1 Å².